The zero-order valence-electron chi connectivity index (χ0n) is 16.6. The molecule has 0 fully saturated rings. The summed E-state index contributed by atoms with van der Waals surface area (Å²) >= 11 is 3.53. The number of hydrogen-bond donors (Lipinski definition) is 0. The summed E-state index contributed by atoms with van der Waals surface area (Å²) in [7, 11) is 0. The molecule has 0 N–H and O–H groups in total. The topological polar surface area (TPSA) is 32.7 Å². The van der Waals surface area contributed by atoms with Gasteiger partial charge >= 0.3 is 0 Å². The third-order valence-corrected chi connectivity index (χ3v) is 5.71. The maximum absolute atomic E-state index is 13.3. The van der Waals surface area contributed by atoms with Gasteiger partial charge in [0.15, 0.2) is 0 Å². The van der Waals surface area contributed by atoms with E-state index < -0.39 is 0 Å². The lowest BCUT2D eigenvalue weighted by molar-refractivity contribution is -0.112. The minimum absolute atomic E-state index is 0.0398. The van der Waals surface area contributed by atoms with E-state index in [2.05, 4.69) is 54.0 Å². The lowest BCUT2D eigenvalue weighted by Crippen LogP contribution is -2.32. The summed E-state index contributed by atoms with van der Waals surface area (Å²) in [6.45, 7) is 4.96. The average Bonchev–Trinajstić information content (AvgIpc) is 2.98. The molecule has 1 aliphatic rings. The van der Waals surface area contributed by atoms with Gasteiger partial charge in [-0.15, -0.1) is 0 Å². The summed E-state index contributed by atoms with van der Waals surface area (Å²) < 4.78 is 0.941. The van der Waals surface area contributed by atoms with Gasteiger partial charge in [0.2, 0.25) is 0 Å². The molecular weight excluding hydrogens is 424 g/mol. The Hall–Kier alpha value is -2.72. The quantitative estimate of drug-likeness (QED) is 0.453. The highest BCUT2D eigenvalue weighted by molar-refractivity contribution is 9.10. The lowest BCUT2D eigenvalue weighted by Gasteiger charge is -2.16. The monoisotopic (exact) mass is 446 g/mol. The van der Waals surface area contributed by atoms with E-state index in [1.807, 2.05) is 53.4 Å². The molecule has 0 saturated heterocycles. The molecule has 4 rings (SSSR count). The Morgan fingerprint density at radius 1 is 0.966 bits per heavy atom. The molecule has 3 nitrogen and oxygen atoms in total. The van der Waals surface area contributed by atoms with E-state index in [1.54, 1.807) is 0 Å². The molecule has 0 spiro atoms. The normalized spacial score (nSPS) is 14.7. The van der Waals surface area contributed by atoms with Crippen molar-refractivity contribution in [1.82, 2.24) is 0 Å². The summed E-state index contributed by atoms with van der Waals surface area (Å²) in [6, 6.07) is 24.3. The molecule has 3 aromatic rings. The van der Waals surface area contributed by atoms with Crippen molar-refractivity contribution in [2.24, 2.45) is 4.99 Å². The number of halogens is 1. The van der Waals surface area contributed by atoms with Gasteiger partial charge in [0.1, 0.15) is 5.71 Å². The maximum Gasteiger partial charge on any atom is 0.277 e. The molecule has 0 bridgehead atoms. The summed E-state index contributed by atoms with van der Waals surface area (Å²) in [5.41, 5.74) is 5.59. The van der Waals surface area contributed by atoms with E-state index in [1.165, 1.54) is 11.1 Å². The van der Waals surface area contributed by atoms with Crippen LogP contribution in [0.1, 0.15) is 36.5 Å². The largest absolute Gasteiger partial charge is 0.306 e. The minimum atomic E-state index is -0.0398. The number of anilines is 1. The molecule has 1 heterocycles. The van der Waals surface area contributed by atoms with Crippen LogP contribution in [0.5, 0.6) is 0 Å². The number of nitrogens with zero attached hydrogens (tertiary/aromatic N) is 2. The van der Waals surface area contributed by atoms with E-state index >= 15 is 0 Å². The highest BCUT2D eigenvalue weighted by atomic mass is 79.9. The molecule has 0 atom stereocenters. The molecule has 0 aliphatic carbocycles. The first-order chi connectivity index (χ1) is 14.0. The SMILES string of the molecule is CC(C)c1ccc(N=C2C(=O)N(CCc3ccccc3)c3ccc(Br)cc32)cc1. The van der Waals surface area contributed by atoms with Crippen molar-refractivity contribution in [1.29, 1.82) is 0 Å². The molecule has 4 heteroatoms. The van der Waals surface area contributed by atoms with Gasteiger partial charge < -0.3 is 4.90 Å². The fourth-order valence-electron chi connectivity index (χ4n) is 3.56. The average molecular weight is 447 g/mol. The standard InChI is InChI=1S/C25H23BrN2O/c1-17(2)19-8-11-21(12-9-19)27-24-22-16-20(26)10-13-23(22)28(25(24)29)15-14-18-6-4-3-5-7-18/h3-13,16-17H,14-15H2,1-2H3. The van der Waals surface area contributed by atoms with Crippen LogP contribution in [0.25, 0.3) is 0 Å². The first kappa shape index (κ1) is 19.6. The van der Waals surface area contributed by atoms with Gasteiger partial charge in [-0.05, 0) is 53.8 Å². The molecular formula is C25H23BrN2O. The minimum Gasteiger partial charge on any atom is -0.306 e. The van der Waals surface area contributed by atoms with Crippen LogP contribution in [-0.2, 0) is 11.2 Å². The zero-order valence-corrected chi connectivity index (χ0v) is 18.2. The number of benzene rings is 3. The van der Waals surface area contributed by atoms with Crippen LogP contribution in [0, 0.1) is 0 Å². The second kappa shape index (κ2) is 8.34. The van der Waals surface area contributed by atoms with Gasteiger partial charge in [-0.25, -0.2) is 4.99 Å². The van der Waals surface area contributed by atoms with Crippen molar-refractivity contribution in [3.63, 3.8) is 0 Å². The molecule has 1 aliphatic heterocycles. The lowest BCUT2D eigenvalue weighted by atomic mass is 10.0. The number of carbonyl (C=O) groups excluding carboxylic acids is 1. The zero-order chi connectivity index (χ0) is 20.4. The van der Waals surface area contributed by atoms with Crippen LogP contribution < -0.4 is 4.90 Å². The Balaban J connectivity index is 1.66. The number of hydrogen-bond acceptors (Lipinski definition) is 2. The molecule has 146 valence electrons. The second-order valence-corrected chi connectivity index (χ2v) is 8.48. The predicted octanol–water partition coefficient (Wildman–Crippen LogP) is 6.28. The van der Waals surface area contributed by atoms with Crippen LogP contribution in [0.2, 0.25) is 0 Å². The molecule has 3 aromatic carbocycles. The molecule has 29 heavy (non-hydrogen) atoms. The first-order valence-electron chi connectivity index (χ1n) is 9.87. The van der Waals surface area contributed by atoms with Crippen LogP contribution in [0.15, 0.2) is 82.3 Å². The van der Waals surface area contributed by atoms with Gasteiger partial charge in [-0.1, -0.05) is 72.2 Å². The van der Waals surface area contributed by atoms with Crippen LogP contribution in [0.3, 0.4) is 0 Å². The maximum atomic E-state index is 13.3. The second-order valence-electron chi connectivity index (χ2n) is 7.56. The predicted molar refractivity (Wildman–Crippen MR) is 123 cm³/mol. The van der Waals surface area contributed by atoms with Gasteiger partial charge in [0.25, 0.3) is 5.91 Å². The number of fused-ring (bicyclic) bond motifs is 1. The van der Waals surface area contributed by atoms with Gasteiger partial charge in [0, 0.05) is 16.6 Å². The van der Waals surface area contributed by atoms with Gasteiger partial charge in [-0.2, -0.15) is 0 Å². The summed E-state index contributed by atoms with van der Waals surface area (Å²) in [5.74, 6) is 0.428. The number of carbonyl (C=O) groups is 1. The Morgan fingerprint density at radius 3 is 2.38 bits per heavy atom. The Kier molecular flexibility index (Phi) is 5.63. The van der Waals surface area contributed by atoms with E-state index in [9.17, 15) is 4.79 Å². The summed E-state index contributed by atoms with van der Waals surface area (Å²) in [5, 5.41) is 0. The molecule has 0 unspecified atom stereocenters. The molecule has 1 amide bonds. The fraction of sp³-hybridized carbons (Fsp3) is 0.200. The third-order valence-electron chi connectivity index (χ3n) is 5.22. The smallest absolute Gasteiger partial charge is 0.277 e. The van der Waals surface area contributed by atoms with Crippen molar-refractivity contribution in [2.45, 2.75) is 26.2 Å². The van der Waals surface area contributed by atoms with E-state index in [-0.39, 0.29) is 5.91 Å². The van der Waals surface area contributed by atoms with Crippen LogP contribution >= 0.6 is 15.9 Å². The Labute approximate surface area is 180 Å². The summed E-state index contributed by atoms with van der Waals surface area (Å²) in [4.78, 5) is 19.8. The Bertz CT molecular complexity index is 1060. The number of amides is 1. The van der Waals surface area contributed by atoms with Crippen LogP contribution in [0.4, 0.5) is 11.4 Å². The van der Waals surface area contributed by atoms with Crippen molar-refractivity contribution in [3.8, 4) is 0 Å². The molecule has 0 saturated carbocycles. The van der Waals surface area contributed by atoms with Gasteiger partial charge in [-0.3, -0.25) is 4.79 Å². The Morgan fingerprint density at radius 2 is 1.69 bits per heavy atom. The number of rotatable bonds is 5. The first-order valence-corrected chi connectivity index (χ1v) is 10.7. The molecule has 0 radical (unpaired) electrons. The van der Waals surface area contributed by atoms with E-state index in [0.717, 1.165) is 27.8 Å². The molecule has 0 aromatic heterocycles. The van der Waals surface area contributed by atoms with Gasteiger partial charge in [0.05, 0.1) is 11.4 Å². The van der Waals surface area contributed by atoms with E-state index in [0.29, 0.717) is 18.2 Å². The van der Waals surface area contributed by atoms with Crippen molar-refractivity contribution >= 4 is 38.9 Å². The van der Waals surface area contributed by atoms with Crippen molar-refractivity contribution < 1.29 is 4.79 Å². The fourth-order valence-corrected chi connectivity index (χ4v) is 3.93. The van der Waals surface area contributed by atoms with E-state index in [4.69, 9.17) is 4.99 Å². The van der Waals surface area contributed by atoms with Crippen molar-refractivity contribution in [2.75, 3.05) is 11.4 Å². The summed E-state index contributed by atoms with van der Waals surface area (Å²) in [6.07, 6.45) is 0.804. The third kappa shape index (κ3) is 4.18. The highest BCUT2D eigenvalue weighted by Crippen LogP contribution is 2.33. The van der Waals surface area contributed by atoms with Crippen molar-refractivity contribution in [3.05, 3.63) is 94.0 Å². The highest BCUT2D eigenvalue weighted by Gasteiger charge is 2.33. The van der Waals surface area contributed by atoms with Crippen LogP contribution in [-0.4, -0.2) is 18.2 Å². The number of aliphatic imine (C=N–C) groups is 1.